The maximum Gasteiger partial charge on any atom is 0.159 e. The highest BCUT2D eigenvalue weighted by Gasteiger charge is 2.22. The van der Waals surface area contributed by atoms with Crippen molar-refractivity contribution in [3.05, 3.63) is 84.2 Å². The molecule has 1 aliphatic heterocycles. The van der Waals surface area contributed by atoms with Crippen molar-refractivity contribution in [2.75, 3.05) is 44.2 Å². The number of para-hydroxylation sites is 1. The van der Waals surface area contributed by atoms with Crippen LogP contribution in [0.1, 0.15) is 17.3 Å². The summed E-state index contributed by atoms with van der Waals surface area (Å²) < 4.78 is 25.9. The van der Waals surface area contributed by atoms with Crippen molar-refractivity contribution in [3.8, 4) is 17.2 Å². The van der Waals surface area contributed by atoms with E-state index in [2.05, 4.69) is 4.90 Å². The number of rotatable bonds is 9. The minimum Gasteiger partial charge on any atom is -0.491 e. The van der Waals surface area contributed by atoms with E-state index in [1.165, 1.54) is 13.0 Å². The quantitative estimate of drug-likeness (QED) is 0.474. The Morgan fingerprint density at radius 2 is 1.59 bits per heavy atom. The van der Waals surface area contributed by atoms with Crippen LogP contribution in [0.4, 0.5) is 10.1 Å². The maximum atomic E-state index is 14.4. The summed E-state index contributed by atoms with van der Waals surface area (Å²) in [4.78, 5) is 15.5. The van der Waals surface area contributed by atoms with Gasteiger partial charge < -0.3 is 19.5 Å². The van der Waals surface area contributed by atoms with Gasteiger partial charge in [-0.2, -0.15) is 0 Å². The van der Waals surface area contributed by atoms with Gasteiger partial charge in [0.05, 0.1) is 5.69 Å². The molecule has 0 spiro atoms. The second-order valence-corrected chi connectivity index (χ2v) is 8.36. The number of hydrogen-bond acceptors (Lipinski definition) is 6. The van der Waals surface area contributed by atoms with E-state index in [-0.39, 0.29) is 18.2 Å². The third kappa shape index (κ3) is 6.34. The van der Waals surface area contributed by atoms with Crippen LogP contribution in [0.5, 0.6) is 17.2 Å². The van der Waals surface area contributed by atoms with E-state index in [9.17, 15) is 14.3 Å². The van der Waals surface area contributed by atoms with Crippen LogP contribution in [-0.4, -0.2) is 61.2 Å². The number of halogens is 1. The normalized spacial score (nSPS) is 15.1. The van der Waals surface area contributed by atoms with E-state index < -0.39 is 6.10 Å². The summed E-state index contributed by atoms with van der Waals surface area (Å²) in [7, 11) is 0. The summed E-state index contributed by atoms with van der Waals surface area (Å²) in [6, 6.07) is 21.5. The second kappa shape index (κ2) is 11.1. The first-order valence-corrected chi connectivity index (χ1v) is 11.4. The number of piperazine rings is 1. The van der Waals surface area contributed by atoms with Gasteiger partial charge in [-0.15, -0.1) is 0 Å². The van der Waals surface area contributed by atoms with Crippen LogP contribution in [-0.2, 0) is 0 Å². The lowest BCUT2D eigenvalue weighted by Crippen LogP contribution is -2.49. The molecule has 34 heavy (non-hydrogen) atoms. The molecule has 178 valence electrons. The zero-order valence-electron chi connectivity index (χ0n) is 19.2. The number of Topliss-reactive ketones (excluding diaryl/α,β-unsaturated/α-hetero) is 1. The standard InChI is InChI=1S/C27H29FN2O4/c1-20(31)21-7-12-27(26(28)17-21)30-15-13-29(14-16-30)18-22(32)19-33-23-8-10-25(11-9-23)34-24-5-3-2-4-6-24/h2-12,17,22,32H,13-16,18-19H2,1H3. The van der Waals surface area contributed by atoms with Crippen LogP contribution in [0.15, 0.2) is 72.8 Å². The summed E-state index contributed by atoms with van der Waals surface area (Å²) in [5.41, 5.74) is 0.884. The predicted octanol–water partition coefficient (Wildman–Crippen LogP) is 4.38. The molecular weight excluding hydrogens is 435 g/mol. The molecule has 3 aromatic carbocycles. The van der Waals surface area contributed by atoms with Crippen LogP contribution in [0, 0.1) is 5.82 Å². The van der Waals surface area contributed by atoms with E-state index in [0.717, 1.165) is 5.75 Å². The van der Waals surface area contributed by atoms with Gasteiger partial charge in [0, 0.05) is 38.3 Å². The zero-order valence-corrected chi connectivity index (χ0v) is 19.2. The Morgan fingerprint density at radius 1 is 0.941 bits per heavy atom. The molecule has 1 fully saturated rings. The first kappa shape index (κ1) is 23.7. The number of hydrogen-bond donors (Lipinski definition) is 1. The number of carbonyl (C=O) groups is 1. The molecule has 3 aromatic rings. The molecule has 6 nitrogen and oxygen atoms in total. The predicted molar refractivity (Wildman–Crippen MR) is 130 cm³/mol. The molecule has 7 heteroatoms. The SMILES string of the molecule is CC(=O)c1ccc(N2CCN(CC(O)COc3ccc(Oc4ccccc4)cc3)CC2)c(F)c1. The highest BCUT2D eigenvalue weighted by molar-refractivity contribution is 5.94. The first-order valence-electron chi connectivity index (χ1n) is 11.4. The Balaban J connectivity index is 1.20. The topological polar surface area (TPSA) is 62.2 Å². The number of nitrogens with zero attached hydrogens (tertiary/aromatic N) is 2. The molecule has 0 saturated carbocycles. The molecule has 1 saturated heterocycles. The third-order valence-electron chi connectivity index (χ3n) is 5.78. The van der Waals surface area contributed by atoms with Crippen molar-refractivity contribution in [3.63, 3.8) is 0 Å². The molecule has 1 heterocycles. The first-order chi connectivity index (χ1) is 16.5. The van der Waals surface area contributed by atoms with Crippen LogP contribution >= 0.6 is 0 Å². The van der Waals surface area contributed by atoms with E-state index >= 15 is 0 Å². The van der Waals surface area contributed by atoms with Crippen LogP contribution in [0.2, 0.25) is 0 Å². The summed E-state index contributed by atoms with van der Waals surface area (Å²) in [6.45, 7) is 4.79. The molecule has 0 aromatic heterocycles. The highest BCUT2D eigenvalue weighted by Crippen LogP contribution is 2.24. The number of benzene rings is 3. The van der Waals surface area contributed by atoms with Gasteiger partial charge >= 0.3 is 0 Å². The van der Waals surface area contributed by atoms with Gasteiger partial charge in [-0.25, -0.2) is 4.39 Å². The second-order valence-electron chi connectivity index (χ2n) is 8.36. The van der Waals surface area contributed by atoms with Gasteiger partial charge in [0.15, 0.2) is 5.78 Å². The molecule has 0 aliphatic carbocycles. The summed E-state index contributed by atoms with van der Waals surface area (Å²) in [5.74, 6) is 1.61. The van der Waals surface area contributed by atoms with E-state index in [1.807, 2.05) is 59.5 Å². The fraction of sp³-hybridized carbons (Fsp3) is 0.296. The molecule has 0 radical (unpaired) electrons. The average molecular weight is 465 g/mol. The van der Waals surface area contributed by atoms with Crippen molar-refractivity contribution in [2.45, 2.75) is 13.0 Å². The Bertz CT molecular complexity index is 1080. The summed E-state index contributed by atoms with van der Waals surface area (Å²) in [6.07, 6.45) is -0.640. The zero-order chi connectivity index (χ0) is 23.9. The fourth-order valence-electron chi connectivity index (χ4n) is 3.93. The van der Waals surface area contributed by atoms with Gasteiger partial charge in [0.25, 0.3) is 0 Å². The van der Waals surface area contributed by atoms with E-state index in [4.69, 9.17) is 9.47 Å². The summed E-state index contributed by atoms with van der Waals surface area (Å²) in [5, 5.41) is 10.4. The minimum absolute atomic E-state index is 0.150. The van der Waals surface area contributed by atoms with Crippen molar-refractivity contribution >= 4 is 11.5 Å². The Morgan fingerprint density at radius 3 is 2.24 bits per heavy atom. The molecule has 1 aliphatic rings. The van der Waals surface area contributed by atoms with Crippen molar-refractivity contribution in [1.82, 2.24) is 4.90 Å². The number of β-amino-alcohol motifs (C(OH)–C–C–N with tert-alkyl or cyclic N) is 1. The van der Waals surface area contributed by atoms with Gasteiger partial charge in [0.2, 0.25) is 0 Å². The molecule has 1 unspecified atom stereocenters. The number of aliphatic hydroxyl groups excluding tert-OH is 1. The number of aliphatic hydroxyl groups is 1. The minimum atomic E-state index is -0.640. The number of carbonyl (C=O) groups excluding carboxylic acids is 1. The van der Waals surface area contributed by atoms with Crippen molar-refractivity contribution in [1.29, 1.82) is 0 Å². The van der Waals surface area contributed by atoms with Crippen LogP contribution in [0.3, 0.4) is 0 Å². The van der Waals surface area contributed by atoms with Crippen LogP contribution < -0.4 is 14.4 Å². The number of ether oxygens (including phenoxy) is 2. The lowest BCUT2D eigenvalue weighted by atomic mass is 10.1. The lowest BCUT2D eigenvalue weighted by Gasteiger charge is -2.37. The highest BCUT2D eigenvalue weighted by atomic mass is 19.1. The van der Waals surface area contributed by atoms with Crippen LogP contribution in [0.25, 0.3) is 0 Å². The summed E-state index contributed by atoms with van der Waals surface area (Å²) >= 11 is 0. The van der Waals surface area contributed by atoms with Crippen molar-refractivity contribution in [2.24, 2.45) is 0 Å². The Kier molecular flexibility index (Phi) is 7.77. The Labute approximate surface area is 199 Å². The molecule has 1 atom stereocenters. The lowest BCUT2D eigenvalue weighted by molar-refractivity contribution is 0.0662. The fourth-order valence-corrected chi connectivity index (χ4v) is 3.93. The third-order valence-corrected chi connectivity index (χ3v) is 5.78. The smallest absolute Gasteiger partial charge is 0.159 e. The van der Waals surface area contributed by atoms with Crippen molar-refractivity contribution < 1.29 is 23.8 Å². The molecule has 0 bridgehead atoms. The largest absolute Gasteiger partial charge is 0.491 e. The molecule has 1 N–H and O–H groups in total. The van der Waals surface area contributed by atoms with Gasteiger partial charge in [-0.1, -0.05) is 18.2 Å². The number of anilines is 1. The van der Waals surface area contributed by atoms with Gasteiger partial charge in [-0.3, -0.25) is 9.69 Å². The number of ketones is 1. The monoisotopic (exact) mass is 464 g/mol. The van der Waals surface area contributed by atoms with E-state index in [0.29, 0.717) is 55.5 Å². The molecule has 4 rings (SSSR count). The maximum absolute atomic E-state index is 14.4. The van der Waals surface area contributed by atoms with Gasteiger partial charge in [0.1, 0.15) is 35.8 Å². The van der Waals surface area contributed by atoms with Gasteiger partial charge in [-0.05, 0) is 61.5 Å². The average Bonchev–Trinajstić information content (AvgIpc) is 2.85. The Hall–Kier alpha value is -3.42. The molecular formula is C27H29FN2O4. The van der Waals surface area contributed by atoms with E-state index in [1.54, 1.807) is 12.1 Å². The molecule has 0 amide bonds.